The van der Waals surface area contributed by atoms with Crippen LogP contribution in [-0.4, -0.2) is 20.5 Å². The maximum absolute atomic E-state index is 12.1. The maximum Gasteiger partial charge on any atom is 0.319 e. The highest BCUT2D eigenvalue weighted by atomic mass is 35.5. The van der Waals surface area contributed by atoms with Gasteiger partial charge in [-0.2, -0.15) is 0 Å². The van der Waals surface area contributed by atoms with E-state index >= 15 is 0 Å². The van der Waals surface area contributed by atoms with Gasteiger partial charge in [0.05, 0.1) is 20.7 Å². The number of aliphatic carboxylic acids is 1. The van der Waals surface area contributed by atoms with E-state index in [1.807, 2.05) is 0 Å². The third-order valence-corrected chi connectivity index (χ3v) is 4.57. The predicted molar refractivity (Wildman–Crippen MR) is 64.1 cm³/mol. The molecule has 0 saturated carbocycles. The maximum atomic E-state index is 12.1. The average molecular weight is 261 g/mol. The topological polar surface area (TPSA) is 54.4 Å². The lowest BCUT2D eigenvalue weighted by molar-refractivity contribution is -0.137. The summed E-state index contributed by atoms with van der Waals surface area (Å²) in [5.41, 5.74) is 0. The molecule has 0 amide bonds. The molecule has 1 aromatic carbocycles. The molecule has 16 heavy (non-hydrogen) atoms. The number of carbonyl (C=O) groups is 1. The summed E-state index contributed by atoms with van der Waals surface area (Å²) in [7, 11) is -1.62. The first-order valence-corrected chi connectivity index (χ1v) is 6.42. The van der Waals surface area contributed by atoms with Crippen LogP contribution in [0.25, 0.3) is 0 Å². The molecule has 1 N–H and O–H groups in total. The minimum absolute atomic E-state index is 0.213. The Morgan fingerprint density at radius 1 is 1.38 bits per heavy atom. The summed E-state index contributed by atoms with van der Waals surface area (Å²) in [5.74, 6) is -1.28. The van der Waals surface area contributed by atoms with Gasteiger partial charge in [0, 0.05) is 0 Å². The second-order valence-electron chi connectivity index (χ2n) is 3.73. The van der Waals surface area contributed by atoms with Crippen molar-refractivity contribution in [1.82, 2.24) is 0 Å². The Balaban J connectivity index is 3.10. The Kier molecular flexibility index (Phi) is 4.50. The molecule has 0 radical (unpaired) electrons. The summed E-state index contributed by atoms with van der Waals surface area (Å²) >= 11 is 5.89. The molecule has 0 aliphatic carbocycles. The predicted octanol–water partition coefficient (Wildman–Crippen LogP) is 2.56. The number of rotatable bonds is 4. The normalized spacial score (nSPS) is 14.8. The van der Waals surface area contributed by atoms with Crippen molar-refractivity contribution in [2.24, 2.45) is 5.92 Å². The van der Waals surface area contributed by atoms with Crippen molar-refractivity contribution in [2.45, 2.75) is 24.0 Å². The van der Waals surface area contributed by atoms with Crippen LogP contribution in [-0.2, 0) is 15.6 Å². The molecule has 3 nitrogen and oxygen atoms in total. The van der Waals surface area contributed by atoms with Crippen LogP contribution < -0.4 is 0 Å². The molecular weight excluding hydrogens is 248 g/mol. The first kappa shape index (κ1) is 13.2. The van der Waals surface area contributed by atoms with Gasteiger partial charge in [0.1, 0.15) is 5.25 Å². The molecule has 0 fully saturated rings. The molecule has 5 heteroatoms. The van der Waals surface area contributed by atoms with Crippen molar-refractivity contribution >= 4 is 28.4 Å². The first-order chi connectivity index (χ1) is 7.45. The molecule has 0 aliphatic heterocycles. The molecule has 0 heterocycles. The van der Waals surface area contributed by atoms with E-state index in [-0.39, 0.29) is 5.92 Å². The van der Waals surface area contributed by atoms with Crippen molar-refractivity contribution in [3.05, 3.63) is 29.3 Å². The largest absolute Gasteiger partial charge is 0.480 e. The van der Waals surface area contributed by atoms with Crippen molar-refractivity contribution < 1.29 is 14.1 Å². The Labute approximate surface area is 102 Å². The zero-order valence-corrected chi connectivity index (χ0v) is 10.6. The number of benzene rings is 1. The highest BCUT2D eigenvalue weighted by Crippen LogP contribution is 2.24. The minimum atomic E-state index is -1.62. The summed E-state index contributed by atoms with van der Waals surface area (Å²) in [6, 6.07) is 6.61. The van der Waals surface area contributed by atoms with Gasteiger partial charge in [-0.15, -0.1) is 0 Å². The lowest BCUT2D eigenvalue weighted by Gasteiger charge is -2.16. The molecule has 88 valence electrons. The van der Waals surface area contributed by atoms with Crippen molar-refractivity contribution in [2.75, 3.05) is 0 Å². The number of hydrogen-bond donors (Lipinski definition) is 1. The van der Waals surface area contributed by atoms with E-state index in [1.165, 1.54) is 0 Å². The zero-order valence-electron chi connectivity index (χ0n) is 9.01. The van der Waals surface area contributed by atoms with E-state index in [2.05, 4.69) is 0 Å². The summed E-state index contributed by atoms with van der Waals surface area (Å²) < 4.78 is 12.1. The summed E-state index contributed by atoms with van der Waals surface area (Å²) in [6.07, 6.45) is 0. The van der Waals surface area contributed by atoms with E-state index in [4.69, 9.17) is 16.7 Å². The fraction of sp³-hybridized carbons (Fsp3) is 0.364. The monoisotopic (exact) mass is 260 g/mol. The van der Waals surface area contributed by atoms with Crippen LogP contribution in [0, 0.1) is 5.92 Å². The summed E-state index contributed by atoms with van der Waals surface area (Å²) in [5, 5.41) is 8.44. The van der Waals surface area contributed by atoms with Gasteiger partial charge >= 0.3 is 5.97 Å². The quantitative estimate of drug-likeness (QED) is 0.905. The van der Waals surface area contributed by atoms with Crippen molar-refractivity contribution in [3.63, 3.8) is 0 Å². The fourth-order valence-electron chi connectivity index (χ4n) is 1.37. The van der Waals surface area contributed by atoms with Gasteiger partial charge in [-0.05, 0) is 18.1 Å². The van der Waals surface area contributed by atoms with Gasteiger partial charge in [-0.3, -0.25) is 9.00 Å². The van der Waals surface area contributed by atoms with Crippen LogP contribution in [0.5, 0.6) is 0 Å². The molecular formula is C11H13ClO3S. The van der Waals surface area contributed by atoms with Crippen LogP contribution in [0.3, 0.4) is 0 Å². The molecule has 1 aromatic rings. The van der Waals surface area contributed by atoms with E-state index < -0.39 is 22.0 Å². The molecule has 0 spiro atoms. The first-order valence-electron chi connectivity index (χ1n) is 4.83. The Morgan fingerprint density at radius 3 is 2.38 bits per heavy atom. The molecule has 0 aliphatic rings. The Bertz CT molecular complexity index is 417. The van der Waals surface area contributed by atoms with Gasteiger partial charge in [0.15, 0.2) is 0 Å². The number of hydrogen-bond acceptors (Lipinski definition) is 2. The highest BCUT2D eigenvalue weighted by molar-refractivity contribution is 7.86. The molecule has 0 aromatic heterocycles. The van der Waals surface area contributed by atoms with Crippen LogP contribution in [0.1, 0.15) is 13.8 Å². The van der Waals surface area contributed by atoms with Gasteiger partial charge in [-0.25, -0.2) is 0 Å². The van der Waals surface area contributed by atoms with E-state index in [9.17, 15) is 9.00 Å². The van der Waals surface area contributed by atoms with Gasteiger partial charge < -0.3 is 5.11 Å². The van der Waals surface area contributed by atoms with Crippen LogP contribution in [0.2, 0.25) is 5.02 Å². The van der Waals surface area contributed by atoms with E-state index in [0.717, 1.165) is 0 Å². The lowest BCUT2D eigenvalue weighted by atomic mass is 10.1. The molecule has 0 saturated heterocycles. The molecule has 2 atom stereocenters. The fourth-order valence-corrected chi connectivity index (χ4v) is 3.16. The van der Waals surface area contributed by atoms with Gasteiger partial charge in [0.2, 0.25) is 0 Å². The summed E-state index contributed by atoms with van der Waals surface area (Å²) in [4.78, 5) is 11.4. The highest BCUT2D eigenvalue weighted by Gasteiger charge is 2.30. The number of carboxylic acids is 1. The number of carboxylic acid groups (broad SMARTS) is 1. The number of halogens is 1. The van der Waals surface area contributed by atoms with Crippen molar-refractivity contribution in [1.29, 1.82) is 0 Å². The second-order valence-corrected chi connectivity index (χ2v) is 5.68. The lowest BCUT2D eigenvalue weighted by Crippen LogP contribution is -2.31. The SMILES string of the molecule is CC(C)C(C(=O)O)S(=O)c1ccccc1Cl. The van der Waals surface area contributed by atoms with Crippen molar-refractivity contribution in [3.8, 4) is 0 Å². The molecule has 1 rings (SSSR count). The van der Waals surface area contributed by atoms with E-state index in [0.29, 0.717) is 9.92 Å². The average Bonchev–Trinajstić information content (AvgIpc) is 2.16. The Hall–Kier alpha value is -0.870. The third-order valence-electron chi connectivity index (χ3n) is 2.13. The molecule has 2 unspecified atom stereocenters. The van der Waals surface area contributed by atoms with Crippen LogP contribution in [0.4, 0.5) is 0 Å². The van der Waals surface area contributed by atoms with E-state index in [1.54, 1.807) is 38.1 Å². The minimum Gasteiger partial charge on any atom is -0.480 e. The zero-order chi connectivity index (χ0) is 12.3. The van der Waals surface area contributed by atoms with Gasteiger partial charge in [0.25, 0.3) is 0 Å². The van der Waals surface area contributed by atoms with Crippen LogP contribution in [0.15, 0.2) is 29.2 Å². The standard InChI is InChI=1S/C11H13ClO3S/c1-7(2)10(11(13)14)16(15)9-6-4-3-5-8(9)12/h3-7,10H,1-2H3,(H,13,14). The summed E-state index contributed by atoms with van der Waals surface area (Å²) in [6.45, 7) is 3.46. The second kappa shape index (κ2) is 5.46. The smallest absolute Gasteiger partial charge is 0.319 e. The Morgan fingerprint density at radius 2 is 1.94 bits per heavy atom. The third kappa shape index (κ3) is 2.83. The van der Waals surface area contributed by atoms with Crippen LogP contribution >= 0.6 is 11.6 Å². The molecule has 0 bridgehead atoms. The van der Waals surface area contributed by atoms with Gasteiger partial charge in [-0.1, -0.05) is 37.6 Å².